The average molecular weight is 274 g/mol. The molecule has 2 rings (SSSR count). The van der Waals surface area contributed by atoms with E-state index in [1.165, 1.54) is 0 Å². The van der Waals surface area contributed by atoms with Crippen LogP contribution in [0.4, 0.5) is 13.2 Å². The first-order valence-electron chi connectivity index (χ1n) is 5.77. The zero-order valence-electron chi connectivity index (χ0n) is 10.4. The first-order valence-corrected chi connectivity index (χ1v) is 5.77. The van der Waals surface area contributed by atoms with E-state index in [1.54, 1.807) is 26.0 Å². The number of hydrogen-bond donors (Lipinski definition) is 1. The van der Waals surface area contributed by atoms with E-state index in [-0.39, 0.29) is 12.2 Å². The number of halogens is 3. The van der Waals surface area contributed by atoms with E-state index >= 15 is 0 Å². The van der Waals surface area contributed by atoms with Gasteiger partial charge in [-0.2, -0.15) is 13.2 Å². The molecule has 1 aromatic rings. The smallest absolute Gasteiger partial charge is 0.426 e. The number of fused-ring (bicyclic) bond motifs is 1. The Labute approximate surface area is 108 Å². The highest BCUT2D eigenvalue weighted by atomic mass is 19.4. The molecule has 0 aromatic heterocycles. The molecular weight excluding hydrogens is 261 g/mol. The molecule has 0 bridgehead atoms. The lowest BCUT2D eigenvalue weighted by Crippen LogP contribution is -2.47. The Bertz CT molecular complexity index is 523. The summed E-state index contributed by atoms with van der Waals surface area (Å²) in [6.45, 7) is 3.44. The molecular formula is C13H13F3O3. The van der Waals surface area contributed by atoms with Crippen molar-refractivity contribution in [1.29, 1.82) is 0 Å². The van der Waals surface area contributed by atoms with E-state index in [4.69, 9.17) is 9.84 Å². The topological polar surface area (TPSA) is 46.5 Å². The molecule has 0 fully saturated rings. The predicted molar refractivity (Wildman–Crippen MR) is 61.2 cm³/mol. The van der Waals surface area contributed by atoms with Crippen molar-refractivity contribution in [3.8, 4) is 5.75 Å². The van der Waals surface area contributed by atoms with Gasteiger partial charge in [0.25, 0.3) is 0 Å². The first-order chi connectivity index (χ1) is 8.71. The Morgan fingerprint density at radius 3 is 2.53 bits per heavy atom. The second kappa shape index (κ2) is 4.43. The number of carbonyl (C=O) groups is 1. The number of benzene rings is 1. The summed E-state index contributed by atoms with van der Waals surface area (Å²) in [5, 5.41) is 8.94. The molecule has 1 aromatic carbocycles. The van der Waals surface area contributed by atoms with Crippen molar-refractivity contribution in [2.24, 2.45) is 5.92 Å². The summed E-state index contributed by atoms with van der Waals surface area (Å²) in [5.74, 6) is -2.93. The summed E-state index contributed by atoms with van der Waals surface area (Å²) in [6.07, 6.45) is -7.16. The number of aliphatic carboxylic acids is 1. The highest BCUT2D eigenvalue weighted by molar-refractivity contribution is 5.72. The Morgan fingerprint density at radius 1 is 1.37 bits per heavy atom. The summed E-state index contributed by atoms with van der Waals surface area (Å²) in [6, 6.07) is 3.38. The SMILES string of the molecule is Cc1ccc2c(c1C)OC(C(F)(F)F)C(C(=O)O)C2. The first kappa shape index (κ1) is 13.7. The zero-order valence-corrected chi connectivity index (χ0v) is 10.4. The van der Waals surface area contributed by atoms with Crippen LogP contribution in [0, 0.1) is 19.8 Å². The highest BCUT2D eigenvalue weighted by Crippen LogP contribution is 2.40. The molecule has 1 N–H and O–H groups in total. The van der Waals surface area contributed by atoms with Crippen LogP contribution in [0.1, 0.15) is 16.7 Å². The number of carboxylic acids is 1. The zero-order chi connectivity index (χ0) is 14.4. The van der Waals surface area contributed by atoms with Crippen molar-refractivity contribution in [3.05, 3.63) is 28.8 Å². The molecule has 1 aliphatic rings. The van der Waals surface area contributed by atoms with Crippen molar-refractivity contribution < 1.29 is 27.8 Å². The highest BCUT2D eigenvalue weighted by Gasteiger charge is 2.52. The molecule has 0 radical (unpaired) electrons. The molecule has 0 spiro atoms. The molecule has 6 heteroatoms. The molecule has 2 atom stereocenters. The van der Waals surface area contributed by atoms with Crippen LogP contribution in [-0.4, -0.2) is 23.4 Å². The van der Waals surface area contributed by atoms with Crippen LogP contribution in [-0.2, 0) is 11.2 Å². The van der Waals surface area contributed by atoms with Gasteiger partial charge < -0.3 is 9.84 Å². The van der Waals surface area contributed by atoms with Gasteiger partial charge in [-0.15, -0.1) is 0 Å². The molecule has 0 saturated heterocycles. The van der Waals surface area contributed by atoms with Crippen LogP contribution in [0.15, 0.2) is 12.1 Å². The minimum absolute atomic E-state index is 0.167. The van der Waals surface area contributed by atoms with Gasteiger partial charge in [0.2, 0.25) is 6.10 Å². The van der Waals surface area contributed by atoms with Gasteiger partial charge in [-0.05, 0) is 37.0 Å². The second-order valence-electron chi connectivity index (χ2n) is 4.72. The summed E-state index contributed by atoms with van der Waals surface area (Å²) in [4.78, 5) is 11.0. The third-order valence-electron chi connectivity index (χ3n) is 3.45. The fourth-order valence-corrected chi connectivity index (χ4v) is 2.24. The van der Waals surface area contributed by atoms with Crippen LogP contribution in [0.5, 0.6) is 5.75 Å². The molecule has 1 heterocycles. The quantitative estimate of drug-likeness (QED) is 0.856. The third kappa shape index (κ3) is 2.39. The number of ether oxygens (including phenoxy) is 1. The molecule has 2 unspecified atom stereocenters. The van der Waals surface area contributed by atoms with E-state index in [9.17, 15) is 18.0 Å². The van der Waals surface area contributed by atoms with Crippen LogP contribution in [0.25, 0.3) is 0 Å². The molecule has 0 aliphatic carbocycles. The van der Waals surface area contributed by atoms with Gasteiger partial charge in [0.1, 0.15) is 11.7 Å². The van der Waals surface area contributed by atoms with Crippen molar-refractivity contribution in [3.63, 3.8) is 0 Å². The van der Waals surface area contributed by atoms with Crippen LogP contribution in [0.2, 0.25) is 0 Å². The van der Waals surface area contributed by atoms with E-state index < -0.39 is 24.2 Å². The van der Waals surface area contributed by atoms with E-state index in [0.29, 0.717) is 11.1 Å². The monoisotopic (exact) mass is 274 g/mol. The Morgan fingerprint density at radius 2 is 2.00 bits per heavy atom. The second-order valence-corrected chi connectivity index (χ2v) is 4.72. The van der Waals surface area contributed by atoms with E-state index in [1.807, 2.05) is 0 Å². The molecule has 0 amide bonds. The van der Waals surface area contributed by atoms with Gasteiger partial charge in [-0.1, -0.05) is 12.1 Å². The predicted octanol–water partition coefficient (Wildman–Crippen LogP) is 2.87. The maximum Gasteiger partial charge on any atom is 0.426 e. The summed E-state index contributed by atoms with van der Waals surface area (Å²) >= 11 is 0. The van der Waals surface area contributed by atoms with E-state index in [2.05, 4.69) is 0 Å². The maximum atomic E-state index is 12.9. The molecule has 3 nitrogen and oxygen atoms in total. The average Bonchev–Trinajstić information content (AvgIpc) is 2.31. The number of aryl methyl sites for hydroxylation is 1. The van der Waals surface area contributed by atoms with Crippen LogP contribution < -0.4 is 4.74 Å². The molecule has 19 heavy (non-hydrogen) atoms. The number of rotatable bonds is 1. The maximum absolute atomic E-state index is 12.9. The lowest BCUT2D eigenvalue weighted by Gasteiger charge is -2.33. The fraction of sp³-hybridized carbons (Fsp3) is 0.462. The molecule has 104 valence electrons. The fourth-order valence-electron chi connectivity index (χ4n) is 2.24. The number of hydrogen-bond acceptors (Lipinski definition) is 2. The van der Waals surface area contributed by atoms with Crippen molar-refractivity contribution in [2.45, 2.75) is 32.5 Å². The molecule has 0 saturated carbocycles. The van der Waals surface area contributed by atoms with Crippen molar-refractivity contribution in [2.75, 3.05) is 0 Å². The van der Waals surface area contributed by atoms with Gasteiger partial charge >= 0.3 is 12.1 Å². The van der Waals surface area contributed by atoms with Gasteiger partial charge in [0.05, 0.1) is 0 Å². The Balaban J connectivity index is 2.49. The number of alkyl halides is 3. The van der Waals surface area contributed by atoms with Crippen molar-refractivity contribution in [1.82, 2.24) is 0 Å². The largest absolute Gasteiger partial charge is 0.481 e. The van der Waals surface area contributed by atoms with Gasteiger partial charge in [0, 0.05) is 0 Å². The number of carboxylic acid groups (broad SMARTS) is 1. The summed E-state index contributed by atoms with van der Waals surface area (Å²) in [5.41, 5.74) is 1.94. The molecule has 1 aliphatic heterocycles. The minimum Gasteiger partial charge on any atom is -0.481 e. The van der Waals surface area contributed by atoms with Crippen LogP contribution in [0.3, 0.4) is 0 Å². The minimum atomic E-state index is -4.70. The third-order valence-corrected chi connectivity index (χ3v) is 3.45. The Kier molecular flexibility index (Phi) is 3.20. The Hall–Kier alpha value is -1.72. The van der Waals surface area contributed by atoms with Gasteiger partial charge in [-0.25, -0.2) is 0 Å². The van der Waals surface area contributed by atoms with E-state index in [0.717, 1.165) is 5.56 Å². The van der Waals surface area contributed by atoms with Crippen LogP contribution >= 0.6 is 0 Å². The van der Waals surface area contributed by atoms with Crippen molar-refractivity contribution >= 4 is 5.97 Å². The standard InChI is InChI=1S/C13H13F3O3/c1-6-3-4-8-5-9(12(17)18)11(13(14,15)16)19-10(8)7(6)2/h3-4,9,11H,5H2,1-2H3,(H,17,18). The van der Waals surface area contributed by atoms with Gasteiger partial charge in [0.15, 0.2) is 0 Å². The summed E-state index contributed by atoms with van der Waals surface area (Å²) < 4.78 is 43.6. The van der Waals surface area contributed by atoms with Gasteiger partial charge in [-0.3, -0.25) is 4.79 Å². The summed E-state index contributed by atoms with van der Waals surface area (Å²) in [7, 11) is 0. The lowest BCUT2D eigenvalue weighted by atomic mass is 9.88. The lowest BCUT2D eigenvalue weighted by molar-refractivity contribution is -0.217. The normalized spacial score (nSPS) is 22.6.